The average molecular weight is 308 g/mol. The molecule has 6 nitrogen and oxygen atoms in total. The Balaban J connectivity index is 2.21. The molecule has 0 aliphatic rings. The molecule has 122 valence electrons. The Bertz CT molecular complexity index is 460. The lowest BCUT2D eigenvalue weighted by molar-refractivity contribution is 0.0952. The molecule has 6 heteroatoms. The fourth-order valence-electron chi connectivity index (χ4n) is 1.67. The maximum absolute atomic E-state index is 11.9. The van der Waals surface area contributed by atoms with Gasteiger partial charge in [0.2, 0.25) is 0 Å². The Morgan fingerprint density at radius 3 is 2.36 bits per heavy atom. The Labute approximate surface area is 131 Å². The molecule has 1 rings (SSSR count). The standard InChI is InChI=1S/C16H24N2O4/c1-3-5-12-22-16(20)18-11-10-17-15(19)13-6-8-14(9-7-13)21-4-2/h6-9H,3-5,10-12H2,1-2H3,(H,17,19)(H,18,20). The number of unbranched alkanes of at least 4 members (excludes halogenated alkanes) is 1. The van der Waals surface area contributed by atoms with Crippen LogP contribution >= 0.6 is 0 Å². The number of carbonyl (C=O) groups is 2. The lowest BCUT2D eigenvalue weighted by Gasteiger charge is -2.08. The van der Waals surface area contributed by atoms with Gasteiger partial charge < -0.3 is 20.1 Å². The fourth-order valence-corrected chi connectivity index (χ4v) is 1.67. The molecule has 0 saturated heterocycles. The van der Waals surface area contributed by atoms with E-state index in [0.717, 1.165) is 18.6 Å². The van der Waals surface area contributed by atoms with E-state index >= 15 is 0 Å². The summed E-state index contributed by atoms with van der Waals surface area (Å²) < 4.78 is 10.2. The highest BCUT2D eigenvalue weighted by molar-refractivity contribution is 5.94. The molecule has 0 bridgehead atoms. The molecule has 0 aliphatic carbocycles. The largest absolute Gasteiger partial charge is 0.494 e. The summed E-state index contributed by atoms with van der Waals surface area (Å²) in [5, 5.41) is 5.30. The zero-order chi connectivity index (χ0) is 16.2. The van der Waals surface area contributed by atoms with Crippen molar-refractivity contribution in [3.63, 3.8) is 0 Å². The number of alkyl carbamates (subject to hydrolysis) is 1. The van der Waals surface area contributed by atoms with Gasteiger partial charge in [0.1, 0.15) is 5.75 Å². The van der Waals surface area contributed by atoms with E-state index in [1.54, 1.807) is 24.3 Å². The summed E-state index contributed by atoms with van der Waals surface area (Å²) in [6.45, 7) is 5.60. The zero-order valence-corrected chi connectivity index (χ0v) is 13.2. The molecular weight excluding hydrogens is 284 g/mol. The minimum atomic E-state index is -0.455. The monoisotopic (exact) mass is 308 g/mol. The van der Waals surface area contributed by atoms with E-state index in [1.165, 1.54) is 0 Å². The van der Waals surface area contributed by atoms with Crippen LogP contribution in [-0.2, 0) is 4.74 Å². The van der Waals surface area contributed by atoms with Gasteiger partial charge >= 0.3 is 6.09 Å². The van der Waals surface area contributed by atoms with Gasteiger partial charge in [0, 0.05) is 18.7 Å². The molecule has 0 unspecified atom stereocenters. The number of hydrogen-bond donors (Lipinski definition) is 2. The molecule has 0 heterocycles. The second-order valence-electron chi connectivity index (χ2n) is 4.63. The molecule has 0 radical (unpaired) electrons. The van der Waals surface area contributed by atoms with Crippen LogP contribution in [-0.4, -0.2) is 38.3 Å². The molecule has 0 spiro atoms. The van der Waals surface area contributed by atoms with Gasteiger partial charge in [-0.2, -0.15) is 0 Å². The van der Waals surface area contributed by atoms with Gasteiger partial charge in [-0.1, -0.05) is 13.3 Å². The molecule has 0 fully saturated rings. The topological polar surface area (TPSA) is 76.7 Å². The number of carbonyl (C=O) groups excluding carboxylic acids is 2. The quantitative estimate of drug-likeness (QED) is 0.687. The summed E-state index contributed by atoms with van der Waals surface area (Å²) in [5.41, 5.74) is 0.550. The van der Waals surface area contributed by atoms with Gasteiger partial charge in [-0.3, -0.25) is 4.79 Å². The van der Waals surface area contributed by atoms with Crippen LogP contribution in [0.4, 0.5) is 4.79 Å². The number of benzene rings is 1. The van der Waals surface area contributed by atoms with Crippen LogP contribution in [0.1, 0.15) is 37.0 Å². The first kappa shape index (κ1) is 17.8. The second kappa shape index (κ2) is 10.5. The maximum Gasteiger partial charge on any atom is 0.407 e. The Kier molecular flexibility index (Phi) is 8.49. The SMILES string of the molecule is CCCCOC(=O)NCCNC(=O)c1ccc(OCC)cc1. The van der Waals surface area contributed by atoms with Crippen LogP contribution in [0.3, 0.4) is 0 Å². The van der Waals surface area contributed by atoms with Crippen molar-refractivity contribution in [2.75, 3.05) is 26.3 Å². The Morgan fingerprint density at radius 1 is 1.05 bits per heavy atom. The maximum atomic E-state index is 11.9. The summed E-state index contributed by atoms with van der Waals surface area (Å²) >= 11 is 0. The molecule has 22 heavy (non-hydrogen) atoms. The van der Waals surface area contributed by atoms with Crippen molar-refractivity contribution in [2.45, 2.75) is 26.7 Å². The van der Waals surface area contributed by atoms with Crippen molar-refractivity contribution in [3.05, 3.63) is 29.8 Å². The van der Waals surface area contributed by atoms with E-state index in [2.05, 4.69) is 10.6 Å². The van der Waals surface area contributed by atoms with Gasteiger partial charge in [0.25, 0.3) is 5.91 Å². The summed E-state index contributed by atoms with van der Waals surface area (Å²) in [6.07, 6.45) is 1.37. The van der Waals surface area contributed by atoms with E-state index in [9.17, 15) is 9.59 Å². The van der Waals surface area contributed by atoms with Crippen LogP contribution in [0.2, 0.25) is 0 Å². The van der Waals surface area contributed by atoms with Crippen LogP contribution in [0, 0.1) is 0 Å². The molecule has 0 aliphatic heterocycles. The molecule has 1 aromatic rings. The minimum absolute atomic E-state index is 0.191. The first-order valence-corrected chi connectivity index (χ1v) is 7.59. The van der Waals surface area contributed by atoms with E-state index in [4.69, 9.17) is 9.47 Å². The third-order valence-electron chi connectivity index (χ3n) is 2.84. The molecule has 1 aromatic carbocycles. The summed E-state index contributed by atoms with van der Waals surface area (Å²) in [4.78, 5) is 23.1. The molecule has 0 atom stereocenters. The number of rotatable bonds is 9. The highest BCUT2D eigenvalue weighted by Crippen LogP contribution is 2.11. The van der Waals surface area contributed by atoms with E-state index < -0.39 is 6.09 Å². The fraction of sp³-hybridized carbons (Fsp3) is 0.500. The zero-order valence-electron chi connectivity index (χ0n) is 13.2. The van der Waals surface area contributed by atoms with E-state index in [-0.39, 0.29) is 5.91 Å². The molecule has 0 saturated carbocycles. The van der Waals surface area contributed by atoms with Gasteiger partial charge in [-0.15, -0.1) is 0 Å². The van der Waals surface area contributed by atoms with Crippen LogP contribution < -0.4 is 15.4 Å². The lowest BCUT2D eigenvalue weighted by Crippen LogP contribution is -2.35. The van der Waals surface area contributed by atoms with Crippen molar-refractivity contribution in [2.24, 2.45) is 0 Å². The van der Waals surface area contributed by atoms with Gasteiger partial charge in [0.15, 0.2) is 0 Å². The third kappa shape index (κ3) is 6.97. The Hall–Kier alpha value is -2.24. The van der Waals surface area contributed by atoms with Gasteiger partial charge in [-0.05, 0) is 37.6 Å². The second-order valence-corrected chi connectivity index (χ2v) is 4.63. The summed E-state index contributed by atoms with van der Waals surface area (Å²) in [5.74, 6) is 0.541. The number of amides is 2. The number of nitrogens with one attached hydrogen (secondary N) is 2. The van der Waals surface area contributed by atoms with E-state index in [0.29, 0.717) is 31.9 Å². The van der Waals surface area contributed by atoms with Crippen molar-refractivity contribution < 1.29 is 19.1 Å². The summed E-state index contributed by atoms with van der Waals surface area (Å²) in [7, 11) is 0. The first-order valence-electron chi connectivity index (χ1n) is 7.59. The lowest BCUT2D eigenvalue weighted by atomic mass is 10.2. The third-order valence-corrected chi connectivity index (χ3v) is 2.84. The normalized spacial score (nSPS) is 9.91. The minimum Gasteiger partial charge on any atom is -0.494 e. The smallest absolute Gasteiger partial charge is 0.407 e. The molecule has 2 N–H and O–H groups in total. The predicted molar refractivity (Wildman–Crippen MR) is 84.2 cm³/mol. The molecular formula is C16H24N2O4. The first-order chi connectivity index (χ1) is 10.7. The number of hydrogen-bond acceptors (Lipinski definition) is 4. The van der Waals surface area contributed by atoms with Gasteiger partial charge in [0.05, 0.1) is 13.2 Å². The molecule has 2 amide bonds. The molecule has 0 aromatic heterocycles. The van der Waals surface area contributed by atoms with Crippen LogP contribution in [0.15, 0.2) is 24.3 Å². The van der Waals surface area contributed by atoms with Crippen molar-refractivity contribution >= 4 is 12.0 Å². The van der Waals surface area contributed by atoms with Crippen molar-refractivity contribution in [1.29, 1.82) is 0 Å². The predicted octanol–water partition coefficient (Wildman–Crippen LogP) is 2.34. The number of ether oxygens (including phenoxy) is 2. The van der Waals surface area contributed by atoms with E-state index in [1.807, 2.05) is 13.8 Å². The highest BCUT2D eigenvalue weighted by atomic mass is 16.5. The van der Waals surface area contributed by atoms with Crippen molar-refractivity contribution in [1.82, 2.24) is 10.6 Å². The van der Waals surface area contributed by atoms with Gasteiger partial charge in [-0.25, -0.2) is 4.79 Å². The Morgan fingerprint density at radius 2 is 1.73 bits per heavy atom. The summed E-state index contributed by atoms with van der Waals surface area (Å²) in [6, 6.07) is 6.91. The van der Waals surface area contributed by atoms with Crippen LogP contribution in [0.25, 0.3) is 0 Å². The van der Waals surface area contributed by atoms with Crippen molar-refractivity contribution in [3.8, 4) is 5.75 Å². The average Bonchev–Trinajstić information content (AvgIpc) is 2.52. The highest BCUT2D eigenvalue weighted by Gasteiger charge is 2.05. The van der Waals surface area contributed by atoms with Crippen LogP contribution in [0.5, 0.6) is 5.75 Å².